The van der Waals surface area contributed by atoms with Crippen LogP contribution in [0.3, 0.4) is 0 Å². The number of benzene rings is 1. The zero-order chi connectivity index (χ0) is 16.6. The van der Waals surface area contributed by atoms with Gasteiger partial charge in [0.15, 0.2) is 0 Å². The number of hydrogen-bond donors (Lipinski definition) is 0. The van der Waals surface area contributed by atoms with Crippen LogP contribution in [0.1, 0.15) is 36.8 Å². The van der Waals surface area contributed by atoms with E-state index in [-0.39, 0.29) is 11.5 Å². The van der Waals surface area contributed by atoms with E-state index in [2.05, 4.69) is 24.0 Å². The molecule has 3 heterocycles. The topological polar surface area (TPSA) is 32.8 Å². The molecule has 0 bridgehead atoms. The second kappa shape index (κ2) is 6.49. The van der Waals surface area contributed by atoms with Gasteiger partial charge in [-0.05, 0) is 50.4 Å². The van der Waals surface area contributed by atoms with Crippen molar-refractivity contribution in [3.8, 4) is 0 Å². The molecule has 130 valence electrons. The highest BCUT2D eigenvalue weighted by molar-refractivity contribution is 5.80. The molecule has 1 aromatic rings. The molecule has 1 amide bonds. The molecule has 1 spiro atoms. The van der Waals surface area contributed by atoms with Crippen molar-refractivity contribution in [2.75, 3.05) is 32.8 Å². The number of hydrogen-bond acceptors (Lipinski definition) is 3. The van der Waals surface area contributed by atoms with Gasteiger partial charge < -0.3 is 9.64 Å². The Labute approximate surface area is 144 Å². The van der Waals surface area contributed by atoms with Gasteiger partial charge in [0, 0.05) is 6.04 Å². The van der Waals surface area contributed by atoms with E-state index >= 15 is 0 Å². The van der Waals surface area contributed by atoms with Gasteiger partial charge in [0.25, 0.3) is 0 Å². The molecule has 3 aliphatic rings. The molecule has 3 fully saturated rings. The predicted octanol–water partition coefficient (Wildman–Crippen LogP) is 2.39. The quantitative estimate of drug-likeness (QED) is 0.854. The molecule has 0 aromatic heterocycles. The normalized spacial score (nSPS) is 26.5. The minimum atomic E-state index is -0.0521. The number of aryl methyl sites for hydroxylation is 1. The van der Waals surface area contributed by atoms with Crippen molar-refractivity contribution in [1.82, 2.24) is 9.80 Å². The van der Waals surface area contributed by atoms with Crippen LogP contribution in [0.25, 0.3) is 0 Å². The van der Waals surface area contributed by atoms with E-state index in [1.807, 2.05) is 17.0 Å². The lowest BCUT2D eigenvalue weighted by atomic mass is 9.88. The summed E-state index contributed by atoms with van der Waals surface area (Å²) in [6.07, 6.45) is 5.63. The number of carbonyl (C=O) groups is 1. The number of ether oxygens (including phenoxy) is 1. The summed E-state index contributed by atoms with van der Waals surface area (Å²) in [6.45, 7) is 6.92. The van der Waals surface area contributed by atoms with E-state index in [4.69, 9.17) is 4.74 Å². The number of nitrogens with zero attached hydrogens (tertiary/aromatic N) is 2. The van der Waals surface area contributed by atoms with E-state index < -0.39 is 0 Å². The maximum Gasteiger partial charge on any atom is 0.227 e. The zero-order valence-electron chi connectivity index (χ0n) is 14.7. The fraction of sp³-hybridized carbons (Fsp3) is 0.650. The summed E-state index contributed by atoms with van der Waals surface area (Å²) in [7, 11) is 0. The van der Waals surface area contributed by atoms with E-state index in [0.29, 0.717) is 12.5 Å². The molecule has 4 rings (SSSR count). The van der Waals surface area contributed by atoms with Crippen LogP contribution in [0, 0.1) is 6.92 Å². The van der Waals surface area contributed by atoms with E-state index in [9.17, 15) is 4.79 Å². The number of amides is 1. The smallest absolute Gasteiger partial charge is 0.227 e. The number of piperidine rings is 1. The zero-order valence-corrected chi connectivity index (χ0v) is 14.7. The van der Waals surface area contributed by atoms with E-state index in [0.717, 1.165) is 31.7 Å². The van der Waals surface area contributed by atoms with Gasteiger partial charge in [0.2, 0.25) is 5.91 Å². The van der Waals surface area contributed by atoms with Crippen LogP contribution in [0.15, 0.2) is 24.3 Å². The van der Waals surface area contributed by atoms with Gasteiger partial charge in [-0.25, -0.2) is 0 Å². The summed E-state index contributed by atoms with van der Waals surface area (Å²) in [5.74, 6) is 0.236. The predicted molar refractivity (Wildman–Crippen MR) is 94.0 cm³/mol. The van der Waals surface area contributed by atoms with Gasteiger partial charge in [-0.1, -0.05) is 30.7 Å². The highest BCUT2D eigenvalue weighted by Gasteiger charge is 2.52. The van der Waals surface area contributed by atoms with Crippen molar-refractivity contribution in [2.45, 2.75) is 50.7 Å². The van der Waals surface area contributed by atoms with Crippen molar-refractivity contribution in [2.24, 2.45) is 0 Å². The minimum absolute atomic E-state index is 0.0521. The lowest BCUT2D eigenvalue weighted by Gasteiger charge is -2.47. The molecule has 4 nitrogen and oxygen atoms in total. The first-order chi connectivity index (χ1) is 11.7. The van der Waals surface area contributed by atoms with Gasteiger partial charge >= 0.3 is 0 Å². The molecular weight excluding hydrogens is 300 g/mol. The minimum Gasteiger partial charge on any atom is -0.370 e. The third-order valence-electron chi connectivity index (χ3n) is 6.01. The summed E-state index contributed by atoms with van der Waals surface area (Å²) >= 11 is 0. The second-order valence-electron chi connectivity index (χ2n) is 7.80. The van der Waals surface area contributed by atoms with Crippen LogP contribution in [0.4, 0.5) is 0 Å². The molecule has 0 N–H and O–H groups in total. The fourth-order valence-electron chi connectivity index (χ4n) is 4.47. The highest BCUT2D eigenvalue weighted by Crippen LogP contribution is 2.37. The molecule has 3 aliphatic heterocycles. The maximum atomic E-state index is 12.5. The molecule has 3 saturated heterocycles. The van der Waals surface area contributed by atoms with Crippen molar-refractivity contribution in [1.29, 1.82) is 0 Å². The van der Waals surface area contributed by atoms with E-state index in [1.165, 1.54) is 37.9 Å². The lowest BCUT2D eigenvalue weighted by molar-refractivity contribution is -0.157. The first-order valence-electron chi connectivity index (χ1n) is 9.36. The van der Waals surface area contributed by atoms with Crippen LogP contribution in [0.5, 0.6) is 0 Å². The molecule has 1 atom stereocenters. The summed E-state index contributed by atoms with van der Waals surface area (Å²) < 4.78 is 6.16. The van der Waals surface area contributed by atoms with Crippen LogP contribution in [-0.2, 0) is 16.0 Å². The fourth-order valence-corrected chi connectivity index (χ4v) is 4.47. The maximum absolute atomic E-state index is 12.5. The highest BCUT2D eigenvalue weighted by atomic mass is 16.5. The Bertz CT molecular complexity index is 603. The molecule has 4 heteroatoms. The largest absolute Gasteiger partial charge is 0.370 e. The number of rotatable bonds is 3. The Morgan fingerprint density at radius 2 is 1.96 bits per heavy atom. The summed E-state index contributed by atoms with van der Waals surface area (Å²) in [4.78, 5) is 17.1. The summed E-state index contributed by atoms with van der Waals surface area (Å²) in [5, 5.41) is 0. The average molecular weight is 328 g/mol. The van der Waals surface area contributed by atoms with Gasteiger partial charge in [-0.15, -0.1) is 0 Å². The number of carbonyl (C=O) groups excluding carboxylic acids is 1. The standard InChI is InChI=1S/C20H28N2O2/c1-16-7-3-4-8-17(16)11-19(23)22-14-20(15-22)12-18(13-24-20)21-9-5-2-6-10-21/h3-4,7-8,18H,2,5-6,9-15H2,1H3. The Kier molecular flexibility index (Phi) is 4.35. The molecule has 0 saturated carbocycles. The molecular formula is C20H28N2O2. The third-order valence-corrected chi connectivity index (χ3v) is 6.01. The molecule has 0 radical (unpaired) electrons. The van der Waals surface area contributed by atoms with Crippen molar-refractivity contribution in [3.63, 3.8) is 0 Å². The Morgan fingerprint density at radius 1 is 1.21 bits per heavy atom. The van der Waals surface area contributed by atoms with Gasteiger partial charge in [-0.3, -0.25) is 9.69 Å². The monoisotopic (exact) mass is 328 g/mol. The van der Waals surface area contributed by atoms with Crippen LogP contribution >= 0.6 is 0 Å². The van der Waals surface area contributed by atoms with Crippen molar-refractivity contribution in [3.05, 3.63) is 35.4 Å². The molecule has 24 heavy (non-hydrogen) atoms. The Balaban J connectivity index is 1.30. The average Bonchev–Trinajstić information content (AvgIpc) is 3.02. The van der Waals surface area contributed by atoms with Gasteiger partial charge in [0.1, 0.15) is 5.60 Å². The SMILES string of the molecule is Cc1ccccc1CC(=O)N1CC2(CC(N3CCCCC3)CO2)C1. The second-order valence-corrected chi connectivity index (χ2v) is 7.80. The van der Waals surface area contributed by atoms with Crippen molar-refractivity contribution >= 4 is 5.91 Å². The third kappa shape index (κ3) is 3.09. The summed E-state index contributed by atoms with van der Waals surface area (Å²) in [5.41, 5.74) is 2.29. The molecule has 1 aromatic carbocycles. The lowest BCUT2D eigenvalue weighted by Crippen LogP contribution is -2.63. The first kappa shape index (κ1) is 16.1. The Morgan fingerprint density at radius 3 is 2.71 bits per heavy atom. The number of likely N-dealkylation sites (tertiary alicyclic amines) is 2. The van der Waals surface area contributed by atoms with Crippen molar-refractivity contribution < 1.29 is 9.53 Å². The Hall–Kier alpha value is -1.39. The van der Waals surface area contributed by atoms with Crippen LogP contribution < -0.4 is 0 Å². The molecule has 0 aliphatic carbocycles. The first-order valence-corrected chi connectivity index (χ1v) is 9.36. The van der Waals surface area contributed by atoms with Crippen LogP contribution in [0.2, 0.25) is 0 Å². The van der Waals surface area contributed by atoms with E-state index in [1.54, 1.807) is 0 Å². The molecule has 1 unspecified atom stereocenters. The van der Waals surface area contributed by atoms with Crippen LogP contribution in [-0.4, -0.2) is 60.1 Å². The van der Waals surface area contributed by atoms with Gasteiger partial charge in [-0.2, -0.15) is 0 Å². The van der Waals surface area contributed by atoms with Gasteiger partial charge in [0.05, 0.1) is 26.1 Å². The summed E-state index contributed by atoms with van der Waals surface area (Å²) in [6, 6.07) is 8.73.